The molecule has 1 amide bonds. The zero-order valence-corrected chi connectivity index (χ0v) is 43.8. The number of amides is 1. The van der Waals surface area contributed by atoms with Crippen molar-refractivity contribution < 1.29 is 49.1 Å². The lowest BCUT2D eigenvalue weighted by Crippen LogP contribution is -2.51. The molecule has 2 saturated carbocycles. The summed E-state index contributed by atoms with van der Waals surface area (Å²) in [6.45, 7) is 14.4. The van der Waals surface area contributed by atoms with E-state index in [1.807, 2.05) is 20.8 Å². The Morgan fingerprint density at radius 3 is 1.56 bits per heavy atom. The van der Waals surface area contributed by atoms with Gasteiger partial charge in [0.05, 0.1) is 38.3 Å². The monoisotopic (exact) mass is 1030 g/mol. The molecule has 2 aromatic carbocycles. The van der Waals surface area contributed by atoms with Gasteiger partial charge in [-0.3, -0.25) is 9.59 Å². The van der Waals surface area contributed by atoms with Crippen LogP contribution in [0, 0.1) is 29.6 Å². The van der Waals surface area contributed by atoms with E-state index in [2.05, 4.69) is 29.9 Å². The number of carboxylic acids is 1. The molecule has 392 valence electrons. The Labute approximate surface area is 415 Å². The molecule has 0 bridgehead atoms. The van der Waals surface area contributed by atoms with Gasteiger partial charge in [0.1, 0.15) is 11.6 Å². The Bertz CT molecular complexity index is 2850. The smallest absolute Gasteiger partial charge is 0.303 e. The van der Waals surface area contributed by atoms with E-state index in [1.54, 1.807) is 42.3 Å². The third-order valence-corrected chi connectivity index (χ3v) is 19.2. The van der Waals surface area contributed by atoms with Gasteiger partial charge in [-0.15, -0.1) is 0 Å². The average Bonchev–Trinajstić information content (AvgIpc) is 3.81. The van der Waals surface area contributed by atoms with E-state index < -0.39 is 43.3 Å². The predicted molar refractivity (Wildman–Crippen MR) is 262 cm³/mol. The molecule has 2 aliphatic carbocycles. The second-order valence-corrected chi connectivity index (χ2v) is 27.1. The molecule has 4 fully saturated rings. The maximum absolute atomic E-state index is 14.2. The van der Waals surface area contributed by atoms with E-state index >= 15 is 0 Å². The van der Waals surface area contributed by atoms with E-state index in [9.17, 15) is 44.0 Å². The number of aliphatic carboxylic acids is 1. The Morgan fingerprint density at radius 2 is 1.13 bits per heavy atom. The Kier molecular flexibility index (Phi) is 14.7. The van der Waals surface area contributed by atoms with Gasteiger partial charge in [-0.2, -0.15) is 8.61 Å². The molecule has 1 N–H and O–H groups in total. The summed E-state index contributed by atoms with van der Waals surface area (Å²) in [6.07, 6.45) is 2.38. The quantitative estimate of drug-likeness (QED) is 0.0956. The van der Waals surface area contributed by atoms with Crippen LogP contribution < -0.4 is 0 Å². The second kappa shape index (κ2) is 19.6. The number of halogens is 4. The summed E-state index contributed by atoms with van der Waals surface area (Å²) >= 11 is 0. The molecule has 2 saturated heterocycles. The van der Waals surface area contributed by atoms with Crippen molar-refractivity contribution in [3.8, 4) is 0 Å². The van der Waals surface area contributed by atoms with E-state index in [-0.39, 0.29) is 115 Å². The summed E-state index contributed by atoms with van der Waals surface area (Å²) in [6, 6.07) is 9.76. The number of carbonyl (C=O) groups excluding carboxylic acids is 1. The maximum atomic E-state index is 14.2. The van der Waals surface area contributed by atoms with Gasteiger partial charge in [-0.05, 0) is 105 Å². The van der Waals surface area contributed by atoms with E-state index in [0.29, 0.717) is 74.7 Å². The van der Waals surface area contributed by atoms with Crippen molar-refractivity contribution in [2.24, 2.45) is 29.6 Å². The number of hydrogen-bond acceptors (Lipinski definition) is 8. The first-order chi connectivity index (χ1) is 33.0. The molecular formula is C51H71F4N7O7S2. The van der Waals surface area contributed by atoms with Crippen LogP contribution in [-0.2, 0) is 53.6 Å². The normalized spacial score (nSPS) is 20.8. The zero-order chi connectivity index (χ0) is 51.6. The summed E-state index contributed by atoms with van der Waals surface area (Å²) < 4.78 is 118. The van der Waals surface area contributed by atoms with Crippen LogP contribution in [0.3, 0.4) is 0 Å². The molecule has 20 heteroatoms. The van der Waals surface area contributed by atoms with Crippen molar-refractivity contribution in [2.45, 2.75) is 164 Å². The van der Waals surface area contributed by atoms with Gasteiger partial charge in [-0.25, -0.2) is 44.4 Å². The molecule has 71 heavy (non-hydrogen) atoms. The lowest BCUT2D eigenvalue weighted by Gasteiger charge is -2.38. The van der Waals surface area contributed by atoms with Gasteiger partial charge in [0, 0.05) is 95.8 Å². The van der Waals surface area contributed by atoms with Gasteiger partial charge >= 0.3 is 5.97 Å². The second-order valence-electron chi connectivity index (χ2n) is 23.2. The third kappa shape index (κ3) is 11.6. The van der Waals surface area contributed by atoms with Crippen molar-refractivity contribution in [3.05, 3.63) is 48.0 Å². The van der Waals surface area contributed by atoms with Crippen molar-refractivity contribution in [2.75, 3.05) is 39.8 Å². The number of aromatic nitrogens is 4. The highest BCUT2D eigenvalue weighted by Crippen LogP contribution is 2.41. The molecule has 2 aliphatic heterocycles. The molecule has 0 spiro atoms. The predicted octanol–water partition coefficient (Wildman–Crippen LogP) is 9.29. The van der Waals surface area contributed by atoms with Gasteiger partial charge in [-0.1, -0.05) is 41.5 Å². The van der Waals surface area contributed by atoms with Gasteiger partial charge < -0.3 is 19.1 Å². The van der Waals surface area contributed by atoms with Crippen LogP contribution in [0.15, 0.2) is 46.2 Å². The molecule has 14 nitrogen and oxygen atoms in total. The Hall–Kier alpha value is -4.14. The number of hydrogen-bond donors (Lipinski definition) is 1. The van der Waals surface area contributed by atoms with E-state index in [4.69, 9.17) is 15.1 Å². The molecule has 4 aromatic rings. The summed E-state index contributed by atoms with van der Waals surface area (Å²) in [5.74, 6) is -5.13. The minimum Gasteiger partial charge on any atom is -0.481 e. The fourth-order valence-electron chi connectivity index (χ4n) is 11.1. The van der Waals surface area contributed by atoms with E-state index in [1.165, 1.54) is 14.7 Å². The number of nitrogens with zero attached hydrogens (tertiary/aromatic N) is 7. The lowest BCUT2D eigenvalue weighted by molar-refractivity contribution is -0.139. The average molecular weight is 1030 g/mol. The first-order valence-corrected chi connectivity index (χ1v) is 28.1. The number of carboxylic acid groups (broad SMARTS) is 1. The minimum absolute atomic E-state index is 0.0122. The number of alkyl halides is 4. The molecular weight excluding hydrogens is 963 g/mol. The highest BCUT2D eigenvalue weighted by molar-refractivity contribution is 7.89. The summed E-state index contributed by atoms with van der Waals surface area (Å²) in [7, 11) is -6.01. The van der Waals surface area contributed by atoms with E-state index in [0.717, 1.165) is 17.2 Å². The van der Waals surface area contributed by atoms with Crippen LogP contribution in [0.5, 0.6) is 0 Å². The van der Waals surface area contributed by atoms with Crippen LogP contribution in [-0.4, -0.2) is 118 Å². The lowest BCUT2D eigenvalue weighted by atomic mass is 9.83. The van der Waals surface area contributed by atoms with Crippen molar-refractivity contribution in [1.82, 2.24) is 32.6 Å². The van der Waals surface area contributed by atoms with Crippen molar-refractivity contribution in [3.63, 3.8) is 0 Å². The molecule has 0 radical (unpaired) electrons. The first-order valence-electron chi connectivity index (χ1n) is 25.2. The third-order valence-electron chi connectivity index (χ3n) is 15.6. The minimum atomic E-state index is -3.90. The van der Waals surface area contributed by atoms with Crippen LogP contribution in [0.4, 0.5) is 17.6 Å². The molecule has 4 aliphatic rings. The molecule has 2 aromatic heterocycles. The van der Waals surface area contributed by atoms with Crippen LogP contribution in [0.1, 0.15) is 130 Å². The highest BCUT2D eigenvalue weighted by Gasteiger charge is 2.42. The SMILES string of the molecule is C[C@H](CCC(C)(C)c1nc2cc(S(=O)(=O)N3CC(CC(=O)O)C3)ccc2n1CC1CCC(F)(F)CC1)CN(C)C(=O)CC1CN(S(=O)(=O)c2ccc3c(c2)nc(C(C)(C)C)n3CC2CCC(F)(F)CC2)C1. The Morgan fingerprint density at radius 1 is 0.704 bits per heavy atom. The van der Waals surface area contributed by atoms with Crippen LogP contribution >= 0.6 is 0 Å². The summed E-state index contributed by atoms with van der Waals surface area (Å²) in [4.78, 5) is 36.5. The summed E-state index contributed by atoms with van der Waals surface area (Å²) in [5.41, 5.74) is 1.60. The number of sulfonamides is 2. The molecule has 0 unspecified atom stereocenters. The van der Waals surface area contributed by atoms with Crippen molar-refractivity contribution >= 4 is 54.0 Å². The largest absolute Gasteiger partial charge is 0.481 e. The van der Waals surface area contributed by atoms with Gasteiger partial charge in [0.25, 0.3) is 0 Å². The van der Waals surface area contributed by atoms with Crippen LogP contribution in [0.2, 0.25) is 0 Å². The van der Waals surface area contributed by atoms with Gasteiger partial charge in [0.15, 0.2) is 0 Å². The number of fused-ring (bicyclic) bond motifs is 2. The highest BCUT2D eigenvalue weighted by atomic mass is 32.2. The number of imidazole rings is 2. The first kappa shape index (κ1) is 53.2. The van der Waals surface area contributed by atoms with Gasteiger partial charge in [0.2, 0.25) is 37.8 Å². The molecule has 8 rings (SSSR count). The topological polar surface area (TPSA) is 168 Å². The fourth-order valence-corrected chi connectivity index (χ4v) is 14.3. The molecule has 1 atom stereocenters. The standard InChI is InChI=1S/C51H71F4N7O7S2/c1-33(12-17-49(5,6)47-57-41-25-39(71(68,69)60-29-37(30-60)23-45(64)65)9-11-43(41)62(47)32-35-15-20-51(54,55)21-16-35)26-58(7)44(63)22-36-27-59(28-36)70(66,67)38-8-10-42-40(24-38)56-46(48(2,3)4)61(42)31-34-13-18-50(52,53)19-14-34/h8-11,24-25,33-37H,12-23,26-32H2,1-7H3,(H,64,65)/t33-/m1/s1. The Balaban J connectivity index is 0.876. The molecule has 4 heterocycles. The zero-order valence-electron chi connectivity index (χ0n) is 42.1. The van der Waals surface area contributed by atoms with Crippen LogP contribution in [0.25, 0.3) is 22.1 Å². The number of carbonyl (C=O) groups is 2. The fraction of sp³-hybridized carbons (Fsp3) is 0.686. The van der Waals surface area contributed by atoms with Crippen molar-refractivity contribution in [1.29, 1.82) is 0 Å². The number of benzene rings is 2. The number of rotatable bonds is 18. The summed E-state index contributed by atoms with van der Waals surface area (Å²) in [5, 5.41) is 9.15. The maximum Gasteiger partial charge on any atom is 0.303 e.